The van der Waals surface area contributed by atoms with E-state index in [4.69, 9.17) is 9.47 Å². The lowest BCUT2D eigenvalue weighted by atomic mass is 10.2. The van der Waals surface area contributed by atoms with Gasteiger partial charge in [0.1, 0.15) is 5.75 Å². The molecule has 1 aliphatic heterocycles. The van der Waals surface area contributed by atoms with Gasteiger partial charge in [0.15, 0.2) is 5.96 Å². The number of anilines is 1. The number of hydrogen-bond donors (Lipinski definition) is 1. The summed E-state index contributed by atoms with van der Waals surface area (Å²) in [5.41, 5.74) is 2.39. The lowest BCUT2D eigenvalue weighted by Crippen LogP contribution is -2.52. The lowest BCUT2D eigenvalue weighted by molar-refractivity contribution is 0.117. The molecule has 0 atom stereocenters. The summed E-state index contributed by atoms with van der Waals surface area (Å²) in [6, 6.07) is 18.5. The van der Waals surface area contributed by atoms with Gasteiger partial charge in [-0.3, -0.25) is 4.99 Å². The maximum Gasteiger partial charge on any atom is 0.193 e. The Bertz CT molecular complexity index is 774. The Labute approximate surface area is 180 Å². The third-order valence-electron chi connectivity index (χ3n) is 5.33. The summed E-state index contributed by atoms with van der Waals surface area (Å²) in [5.74, 6) is 1.92. The molecule has 1 saturated heterocycles. The molecule has 0 bridgehead atoms. The van der Waals surface area contributed by atoms with Crippen molar-refractivity contribution in [3.05, 3.63) is 60.2 Å². The number of unbranched alkanes of at least 4 members (excludes halogenated alkanes) is 1. The number of rotatable bonds is 9. The van der Waals surface area contributed by atoms with Crippen LogP contribution in [-0.4, -0.2) is 64.3 Å². The van der Waals surface area contributed by atoms with E-state index in [1.165, 1.54) is 5.56 Å². The molecule has 0 spiro atoms. The molecular weight excluding hydrogens is 376 g/mol. The van der Waals surface area contributed by atoms with E-state index in [1.54, 1.807) is 7.11 Å². The van der Waals surface area contributed by atoms with Crippen molar-refractivity contribution in [2.24, 2.45) is 4.99 Å². The summed E-state index contributed by atoms with van der Waals surface area (Å²) in [7, 11) is 3.59. The molecule has 1 N–H and O–H groups in total. The van der Waals surface area contributed by atoms with E-state index >= 15 is 0 Å². The highest BCUT2D eigenvalue weighted by Crippen LogP contribution is 2.28. The second kappa shape index (κ2) is 12.1. The van der Waals surface area contributed by atoms with Crippen LogP contribution < -0.4 is 15.0 Å². The number of ether oxygens (including phenoxy) is 2. The minimum atomic E-state index is 0.687. The molecule has 1 aliphatic rings. The molecule has 1 fully saturated rings. The summed E-state index contributed by atoms with van der Waals surface area (Å²) >= 11 is 0. The molecule has 3 rings (SSSR count). The van der Waals surface area contributed by atoms with Crippen LogP contribution in [0.5, 0.6) is 5.75 Å². The van der Waals surface area contributed by atoms with Crippen molar-refractivity contribution in [1.29, 1.82) is 0 Å². The second-order valence-corrected chi connectivity index (χ2v) is 7.37. The number of aliphatic imine (C=N–C) groups is 1. The van der Waals surface area contributed by atoms with Gasteiger partial charge in [-0.05, 0) is 30.5 Å². The van der Waals surface area contributed by atoms with Crippen LogP contribution in [0.3, 0.4) is 0 Å². The summed E-state index contributed by atoms with van der Waals surface area (Å²) in [6.45, 7) is 6.17. The first-order valence-electron chi connectivity index (χ1n) is 10.8. The second-order valence-electron chi connectivity index (χ2n) is 7.37. The predicted octanol–water partition coefficient (Wildman–Crippen LogP) is 3.39. The van der Waals surface area contributed by atoms with E-state index in [0.29, 0.717) is 6.61 Å². The van der Waals surface area contributed by atoms with E-state index < -0.39 is 0 Å². The van der Waals surface area contributed by atoms with E-state index in [9.17, 15) is 0 Å². The Morgan fingerprint density at radius 2 is 1.70 bits per heavy atom. The van der Waals surface area contributed by atoms with E-state index in [2.05, 4.69) is 44.4 Å². The van der Waals surface area contributed by atoms with Crippen molar-refractivity contribution in [3.8, 4) is 5.75 Å². The first-order chi connectivity index (χ1) is 14.8. The Kier molecular flexibility index (Phi) is 8.84. The summed E-state index contributed by atoms with van der Waals surface area (Å²) < 4.78 is 11.3. The summed E-state index contributed by atoms with van der Waals surface area (Å²) in [5, 5.41) is 3.50. The molecule has 0 unspecified atom stereocenters. The molecule has 30 heavy (non-hydrogen) atoms. The van der Waals surface area contributed by atoms with Crippen molar-refractivity contribution >= 4 is 11.6 Å². The third-order valence-corrected chi connectivity index (χ3v) is 5.33. The van der Waals surface area contributed by atoms with E-state index in [-0.39, 0.29) is 0 Å². The number of nitrogens with zero attached hydrogens (tertiary/aromatic N) is 3. The highest BCUT2D eigenvalue weighted by Gasteiger charge is 2.21. The van der Waals surface area contributed by atoms with Crippen molar-refractivity contribution in [2.45, 2.75) is 19.4 Å². The fourth-order valence-electron chi connectivity index (χ4n) is 3.68. The molecule has 162 valence electrons. The average Bonchev–Trinajstić information content (AvgIpc) is 2.82. The third kappa shape index (κ3) is 6.39. The summed E-state index contributed by atoms with van der Waals surface area (Å²) in [6.07, 6.45) is 2.10. The van der Waals surface area contributed by atoms with Gasteiger partial charge < -0.3 is 24.6 Å². The van der Waals surface area contributed by atoms with Crippen LogP contribution in [0.15, 0.2) is 59.6 Å². The summed E-state index contributed by atoms with van der Waals surface area (Å²) in [4.78, 5) is 9.19. The number of para-hydroxylation sites is 2. The fourth-order valence-corrected chi connectivity index (χ4v) is 3.68. The normalized spacial score (nSPS) is 14.7. The molecule has 6 heteroatoms. The number of nitrogens with one attached hydrogen (secondary N) is 1. The van der Waals surface area contributed by atoms with Gasteiger partial charge in [0.05, 0.1) is 19.4 Å². The maximum atomic E-state index is 5.76. The molecule has 0 saturated carbocycles. The van der Waals surface area contributed by atoms with Crippen molar-refractivity contribution in [1.82, 2.24) is 10.2 Å². The zero-order chi connectivity index (χ0) is 21.0. The van der Waals surface area contributed by atoms with E-state index in [0.717, 1.165) is 69.6 Å². The van der Waals surface area contributed by atoms with Crippen molar-refractivity contribution in [3.63, 3.8) is 0 Å². The van der Waals surface area contributed by atoms with Gasteiger partial charge in [0.2, 0.25) is 0 Å². The topological polar surface area (TPSA) is 49.3 Å². The SMILES string of the molecule is CN=C(NCCCCOCc1ccccc1)N1CCN(c2ccccc2OC)CC1. The van der Waals surface area contributed by atoms with Crippen molar-refractivity contribution in [2.75, 3.05) is 58.4 Å². The van der Waals surface area contributed by atoms with Crippen LogP contribution in [0.2, 0.25) is 0 Å². The quantitative estimate of drug-likeness (QED) is 0.390. The number of benzene rings is 2. The largest absolute Gasteiger partial charge is 0.495 e. The van der Waals surface area contributed by atoms with Gasteiger partial charge in [-0.15, -0.1) is 0 Å². The Balaban J connectivity index is 1.33. The average molecular weight is 411 g/mol. The maximum absolute atomic E-state index is 5.76. The Morgan fingerprint density at radius 1 is 0.967 bits per heavy atom. The van der Waals surface area contributed by atoms with Gasteiger partial charge in [0, 0.05) is 46.4 Å². The van der Waals surface area contributed by atoms with Gasteiger partial charge in [-0.25, -0.2) is 0 Å². The number of hydrogen-bond acceptors (Lipinski definition) is 4. The van der Waals surface area contributed by atoms with Gasteiger partial charge in [0.25, 0.3) is 0 Å². The Morgan fingerprint density at radius 3 is 2.43 bits per heavy atom. The molecule has 6 nitrogen and oxygen atoms in total. The van der Waals surface area contributed by atoms with Crippen LogP contribution in [0.25, 0.3) is 0 Å². The minimum Gasteiger partial charge on any atom is -0.495 e. The zero-order valence-corrected chi connectivity index (χ0v) is 18.2. The first-order valence-corrected chi connectivity index (χ1v) is 10.8. The predicted molar refractivity (Wildman–Crippen MR) is 123 cm³/mol. The van der Waals surface area contributed by atoms with Gasteiger partial charge >= 0.3 is 0 Å². The highest BCUT2D eigenvalue weighted by molar-refractivity contribution is 5.80. The lowest BCUT2D eigenvalue weighted by Gasteiger charge is -2.38. The number of piperazine rings is 1. The minimum absolute atomic E-state index is 0.687. The molecular formula is C24H34N4O2. The fraction of sp³-hybridized carbons (Fsp3) is 0.458. The van der Waals surface area contributed by atoms with Gasteiger partial charge in [-0.1, -0.05) is 42.5 Å². The smallest absolute Gasteiger partial charge is 0.193 e. The Hall–Kier alpha value is -2.73. The van der Waals surface area contributed by atoms with Crippen LogP contribution in [0.4, 0.5) is 5.69 Å². The van der Waals surface area contributed by atoms with Crippen molar-refractivity contribution < 1.29 is 9.47 Å². The molecule has 0 amide bonds. The monoisotopic (exact) mass is 410 g/mol. The standard InChI is InChI=1S/C24H34N4O2/c1-25-24(26-14-8-9-19-30-20-21-10-4-3-5-11-21)28-17-15-27(16-18-28)22-12-6-7-13-23(22)29-2/h3-7,10-13H,8-9,14-20H2,1-2H3,(H,25,26). The van der Waals surface area contributed by atoms with Gasteiger partial charge in [-0.2, -0.15) is 0 Å². The van der Waals surface area contributed by atoms with Crippen LogP contribution >= 0.6 is 0 Å². The molecule has 0 radical (unpaired) electrons. The number of guanidine groups is 1. The van der Waals surface area contributed by atoms with Crippen LogP contribution in [0, 0.1) is 0 Å². The highest BCUT2D eigenvalue weighted by atomic mass is 16.5. The first kappa shape index (κ1) is 22.0. The molecule has 2 aromatic carbocycles. The van der Waals surface area contributed by atoms with Crippen LogP contribution in [0.1, 0.15) is 18.4 Å². The molecule has 1 heterocycles. The molecule has 0 aliphatic carbocycles. The molecule has 2 aromatic rings. The molecule has 0 aromatic heterocycles. The zero-order valence-electron chi connectivity index (χ0n) is 18.2. The van der Waals surface area contributed by atoms with E-state index in [1.807, 2.05) is 37.4 Å². The number of methoxy groups -OCH3 is 1. The van der Waals surface area contributed by atoms with Crippen LogP contribution in [-0.2, 0) is 11.3 Å².